The average molecular weight is 334 g/mol. The van der Waals surface area contributed by atoms with Crippen LogP contribution in [0.5, 0.6) is 0 Å². The first-order valence-electron chi connectivity index (χ1n) is 6.39. The Morgan fingerprint density at radius 3 is 2.50 bits per heavy atom. The van der Waals surface area contributed by atoms with Crippen molar-refractivity contribution in [2.24, 2.45) is 0 Å². The molecule has 0 aliphatic heterocycles. The van der Waals surface area contributed by atoms with Crippen molar-refractivity contribution in [2.45, 2.75) is 33.0 Å². The van der Waals surface area contributed by atoms with Crippen molar-refractivity contribution in [3.05, 3.63) is 40.7 Å². The number of carboxylic acids is 1. The van der Waals surface area contributed by atoms with Gasteiger partial charge in [-0.05, 0) is 45.0 Å². The van der Waals surface area contributed by atoms with E-state index >= 15 is 0 Å². The van der Waals surface area contributed by atoms with E-state index in [2.05, 4.69) is 4.98 Å². The summed E-state index contributed by atoms with van der Waals surface area (Å²) in [7, 11) is 0. The van der Waals surface area contributed by atoms with Crippen molar-refractivity contribution >= 4 is 47.1 Å². The standard InChI is InChI=1S/C15H16ClNO4.Na.H/c1-9-12(8-20-15(2,3)14(18)19)21-13(17-9)10-4-6-11(16)7-5-10;;/h4-7H,8H2,1-3H3,(H,18,19);;. The first-order valence-corrected chi connectivity index (χ1v) is 6.77. The van der Waals surface area contributed by atoms with E-state index in [-0.39, 0.29) is 36.2 Å². The second-order valence-electron chi connectivity index (χ2n) is 5.14. The van der Waals surface area contributed by atoms with Gasteiger partial charge in [-0.2, -0.15) is 0 Å². The summed E-state index contributed by atoms with van der Waals surface area (Å²) in [5.41, 5.74) is 0.187. The summed E-state index contributed by atoms with van der Waals surface area (Å²) in [6, 6.07) is 7.11. The minimum absolute atomic E-state index is 0. The van der Waals surface area contributed by atoms with Crippen LogP contribution in [0.1, 0.15) is 25.3 Å². The van der Waals surface area contributed by atoms with Crippen LogP contribution in [0, 0.1) is 6.92 Å². The summed E-state index contributed by atoms with van der Waals surface area (Å²) in [6.07, 6.45) is 0. The van der Waals surface area contributed by atoms with Crippen LogP contribution in [-0.2, 0) is 16.1 Å². The Labute approximate surface area is 155 Å². The quantitative estimate of drug-likeness (QED) is 0.851. The molecule has 1 heterocycles. The van der Waals surface area contributed by atoms with Gasteiger partial charge in [-0.3, -0.25) is 0 Å². The zero-order valence-corrected chi connectivity index (χ0v) is 12.8. The predicted octanol–water partition coefficient (Wildman–Crippen LogP) is 3.03. The molecule has 0 radical (unpaired) electrons. The van der Waals surface area contributed by atoms with Crippen molar-refractivity contribution in [1.82, 2.24) is 4.98 Å². The average Bonchev–Trinajstić information content (AvgIpc) is 2.78. The molecule has 0 atom stereocenters. The molecule has 114 valence electrons. The molecule has 2 aromatic rings. The van der Waals surface area contributed by atoms with Gasteiger partial charge in [0.25, 0.3) is 0 Å². The van der Waals surface area contributed by atoms with Gasteiger partial charge < -0.3 is 14.3 Å². The van der Waals surface area contributed by atoms with Crippen molar-refractivity contribution in [3.8, 4) is 11.5 Å². The number of benzene rings is 1. The van der Waals surface area contributed by atoms with Crippen LogP contribution >= 0.6 is 11.6 Å². The van der Waals surface area contributed by atoms with Gasteiger partial charge in [0.15, 0.2) is 11.4 Å². The van der Waals surface area contributed by atoms with Crippen molar-refractivity contribution in [3.63, 3.8) is 0 Å². The third-order valence-electron chi connectivity index (χ3n) is 3.06. The Kier molecular flexibility index (Phi) is 6.65. The maximum atomic E-state index is 11.0. The third kappa shape index (κ3) is 4.57. The number of oxazole rings is 1. The molecular formula is C15H17ClNNaO4. The number of aromatic nitrogens is 1. The van der Waals surface area contributed by atoms with Crippen molar-refractivity contribution < 1.29 is 19.1 Å². The van der Waals surface area contributed by atoms with E-state index in [0.717, 1.165) is 5.56 Å². The molecule has 1 aromatic carbocycles. The monoisotopic (exact) mass is 333 g/mol. The van der Waals surface area contributed by atoms with E-state index in [4.69, 9.17) is 25.9 Å². The van der Waals surface area contributed by atoms with Gasteiger partial charge in [0.05, 0.1) is 5.69 Å². The fraction of sp³-hybridized carbons (Fsp3) is 0.333. The van der Waals surface area contributed by atoms with Crippen molar-refractivity contribution in [2.75, 3.05) is 0 Å². The van der Waals surface area contributed by atoms with E-state index in [0.29, 0.717) is 22.4 Å². The molecule has 7 heteroatoms. The first kappa shape index (κ1) is 19.2. The molecular weight excluding hydrogens is 317 g/mol. The van der Waals surface area contributed by atoms with E-state index in [9.17, 15) is 4.79 Å². The number of ether oxygens (including phenoxy) is 1. The topological polar surface area (TPSA) is 72.6 Å². The Bertz CT molecular complexity index is 652. The molecule has 0 amide bonds. The maximum absolute atomic E-state index is 11.0. The van der Waals surface area contributed by atoms with Gasteiger partial charge in [-0.1, -0.05) is 11.6 Å². The molecule has 1 aromatic heterocycles. The van der Waals surface area contributed by atoms with Gasteiger partial charge in [-0.25, -0.2) is 9.78 Å². The van der Waals surface area contributed by atoms with Gasteiger partial charge in [-0.15, -0.1) is 0 Å². The molecule has 0 bridgehead atoms. The fourth-order valence-electron chi connectivity index (χ4n) is 1.59. The molecule has 0 fully saturated rings. The van der Waals surface area contributed by atoms with Gasteiger partial charge in [0.2, 0.25) is 5.89 Å². The zero-order valence-electron chi connectivity index (χ0n) is 12.0. The number of carbonyl (C=O) groups is 1. The summed E-state index contributed by atoms with van der Waals surface area (Å²) in [5.74, 6) is -0.0669. The molecule has 0 unspecified atom stereocenters. The van der Waals surface area contributed by atoms with Crippen LogP contribution < -0.4 is 0 Å². The number of nitrogens with zero attached hydrogens (tertiary/aromatic N) is 1. The second-order valence-corrected chi connectivity index (χ2v) is 5.58. The zero-order chi connectivity index (χ0) is 15.6. The summed E-state index contributed by atoms with van der Waals surface area (Å²) < 4.78 is 11.0. The van der Waals surface area contributed by atoms with Gasteiger partial charge in [0.1, 0.15) is 6.61 Å². The van der Waals surface area contributed by atoms with Crippen LogP contribution in [-0.4, -0.2) is 51.2 Å². The van der Waals surface area contributed by atoms with E-state index in [1.165, 1.54) is 13.8 Å². The summed E-state index contributed by atoms with van der Waals surface area (Å²) >= 11 is 5.84. The number of hydrogen-bond donors (Lipinski definition) is 1. The van der Waals surface area contributed by atoms with Crippen LogP contribution in [0.4, 0.5) is 0 Å². The Balaban J connectivity index is 0.00000242. The minimum atomic E-state index is -1.28. The Hall–Kier alpha value is -0.850. The Morgan fingerprint density at radius 1 is 1.36 bits per heavy atom. The van der Waals surface area contributed by atoms with Crippen LogP contribution in [0.25, 0.3) is 11.5 Å². The number of aryl methyl sites for hydroxylation is 1. The second kappa shape index (κ2) is 7.62. The third-order valence-corrected chi connectivity index (χ3v) is 3.31. The van der Waals surface area contributed by atoms with Crippen molar-refractivity contribution in [1.29, 1.82) is 0 Å². The number of rotatable bonds is 5. The molecule has 0 saturated heterocycles. The molecule has 1 N–H and O–H groups in total. The molecule has 2 rings (SSSR count). The number of carboxylic acid groups (broad SMARTS) is 1. The normalized spacial score (nSPS) is 11.1. The number of hydrogen-bond acceptors (Lipinski definition) is 4. The summed E-state index contributed by atoms with van der Waals surface area (Å²) in [6.45, 7) is 4.81. The van der Waals surface area contributed by atoms with Gasteiger partial charge in [0, 0.05) is 10.6 Å². The summed E-state index contributed by atoms with van der Waals surface area (Å²) in [5, 5.41) is 9.65. The Morgan fingerprint density at radius 2 is 1.95 bits per heavy atom. The summed E-state index contributed by atoms with van der Waals surface area (Å²) in [4.78, 5) is 15.3. The van der Waals surface area contributed by atoms with E-state index in [1.807, 2.05) is 0 Å². The SMILES string of the molecule is Cc1nc(-c2ccc(Cl)cc2)oc1COC(C)(C)C(=O)O.[NaH]. The molecule has 0 aliphatic carbocycles. The molecule has 0 saturated carbocycles. The molecule has 5 nitrogen and oxygen atoms in total. The first-order chi connectivity index (χ1) is 9.79. The van der Waals surface area contributed by atoms with E-state index in [1.54, 1.807) is 31.2 Å². The molecule has 22 heavy (non-hydrogen) atoms. The van der Waals surface area contributed by atoms with Crippen LogP contribution in [0.2, 0.25) is 5.02 Å². The van der Waals surface area contributed by atoms with Gasteiger partial charge >= 0.3 is 35.5 Å². The van der Waals surface area contributed by atoms with Crippen LogP contribution in [0.15, 0.2) is 28.7 Å². The number of halogens is 1. The van der Waals surface area contributed by atoms with E-state index < -0.39 is 11.6 Å². The van der Waals surface area contributed by atoms with Crippen LogP contribution in [0.3, 0.4) is 0 Å². The predicted molar refractivity (Wildman–Crippen MR) is 85.3 cm³/mol. The molecule has 0 spiro atoms. The number of aliphatic carboxylic acids is 1. The fourth-order valence-corrected chi connectivity index (χ4v) is 1.71. The molecule has 0 aliphatic rings.